The van der Waals surface area contributed by atoms with E-state index in [9.17, 15) is 14.4 Å². The standard InChI is InChI=1S/C23H22N4O4/c1-4-9-27(18-7-5-16(6-8-18)22(30)24-12-21(28)29)13-17-11-19-20(10-14(17)2)25-15(3)26-23(19)31/h1,5-8,10-11H,9,12-13H2,2-3H3,(H,24,30)(H,28,29)(H,25,26,31). The number of rotatable bonds is 7. The van der Waals surface area contributed by atoms with Gasteiger partial charge in [-0.25, -0.2) is 4.98 Å². The number of nitrogens with one attached hydrogen (secondary N) is 2. The molecule has 0 bridgehead atoms. The van der Waals surface area contributed by atoms with Gasteiger partial charge in [0.2, 0.25) is 0 Å². The number of nitrogens with zero attached hydrogens (tertiary/aromatic N) is 2. The molecule has 8 nitrogen and oxygen atoms in total. The first-order valence-electron chi connectivity index (χ1n) is 9.57. The number of aryl methyl sites for hydroxylation is 2. The molecule has 3 aromatic rings. The smallest absolute Gasteiger partial charge is 0.322 e. The van der Waals surface area contributed by atoms with Crippen LogP contribution in [0.2, 0.25) is 0 Å². The molecular weight excluding hydrogens is 396 g/mol. The fourth-order valence-electron chi connectivity index (χ4n) is 3.26. The summed E-state index contributed by atoms with van der Waals surface area (Å²) < 4.78 is 0. The Balaban J connectivity index is 1.87. The minimum atomic E-state index is -1.11. The van der Waals surface area contributed by atoms with Gasteiger partial charge in [-0.2, -0.15) is 0 Å². The zero-order valence-electron chi connectivity index (χ0n) is 17.2. The molecule has 1 aromatic heterocycles. The third kappa shape index (κ3) is 5.08. The highest BCUT2D eigenvalue weighted by molar-refractivity contribution is 5.96. The van der Waals surface area contributed by atoms with Crippen LogP contribution in [-0.4, -0.2) is 40.0 Å². The van der Waals surface area contributed by atoms with E-state index in [1.807, 2.05) is 24.0 Å². The van der Waals surface area contributed by atoms with E-state index in [0.29, 0.717) is 35.4 Å². The lowest BCUT2D eigenvalue weighted by Gasteiger charge is -2.24. The summed E-state index contributed by atoms with van der Waals surface area (Å²) in [6, 6.07) is 10.4. The summed E-state index contributed by atoms with van der Waals surface area (Å²) in [5.41, 5.74) is 3.51. The van der Waals surface area contributed by atoms with Crippen LogP contribution in [0.15, 0.2) is 41.2 Å². The van der Waals surface area contributed by atoms with Gasteiger partial charge in [0.05, 0.1) is 17.4 Å². The molecule has 0 atom stereocenters. The number of aromatic nitrogens is 2. The summed E-state index contributed by atoms with van der Waals surface area (Å²) in [5.74, 6) is 1.62. The Labute approximate surface area is 178 Å². The van der Waals surface area contributed by atoms with Crippen LogP contribution in [0.4, 0.5) is 5.69 Å². The molecule has 0 radical (unpaired) electrons. The normalized spacial score (nSPS) is 10.5. The summed E-state index contributed by atoms with van der Waals surface area (Å²) in [7, 11) is 0. The van der Waals surface area contributed by atoms with Crippen molar-refractivity contribution in [2.45, 2.75) is 20.4 Å². The molecule has 0 aliphatic heterocycles. The van der Waals surface area contributed by atoms with E-state index in [1.54, 1.807) is 31.2 Å². The second-order valence-corrected chi connectivity index (χ2v) is 7.13. The third-order valence-electron chi connectivity index (χ3n) is 4.82. The molecule has 8 heteroatoms. The minimum absolute atomic E-state index is 0.191. The Bertz CT molecular complexity index is 1240. The summed E-state index contributed by atoms with van der Waals surface area (Å²) >= 11 is 0. The monoisotopic (exact) mass is 418 g/mol. The lowest BCUT2D eigenvalue weighted by molar-refractivity contribution is -0.135. The fourth-order valence-corrected chi connectivity index (χ4v) is 3.26. The van der Waals surface area contributed by atoms with E-state index in [1.165, 1.54) is 0 Å². The first-order valence-corrected chi connectivity index (χ1v) is 9.57. The lowest BCUT2D eigenvalue weighted by Crippen LogP contribution is -2.29. The van der Waals surface area contributed by atoms with Crippen LogP contribution in [-0.2, 0) is 11.3 Å². The number of carboxylic acids is 1. The van der Waals surface area contributed by atoms with E-state index >= 15 is 0 Å². The molecule has 2 aromatic carbocycles. The largest absolute Gasteiger partial charge is 0.480 e. The van der Waals surface area contributed by atoms with E-state index < -0.39 is 18.4 Å². The topological polar surface area (TPSA) is 115 Å². The molecule has 158 valence electrons. The number of amides is 1. The molecule has 0 aliphatic rings. The lowest BCUT2D eigenvalue weighted by atomic mass is 10.0. The van der Waals surface area contributed by atoms with Gasteiger partial charge in [-0.3, -0.25) is 14.4 Å². The van der Waals surface area contributed by atoms with Crippen molar-refractivity contribution in [1.29, 1.82) is 0 Å². The molecule has 1 heterocycles. The number of benzene rings is 2. The summed E-state index contributed by atoms with van der Waals surface area (Å²) in [6.45, 7) is 4.04. The number of hydrogen-bond donors (Lipinski definition) is 3. The Morgan fingerprint density at radius 1 is 1.23 bits per heavy atom. The van der Waals surface area contributed by atoms with Gasteiger partial charge in [-0.1, -0.05) is 5.92 Å². The number of carboxylic acid groups (broad SMARTS) is 1. The van der Waals surface area contributed by atoms with Gasteiger partial charge in [0, 0.05) is 17.8 Å². The maximum Gasteiger partial charge on any atom is 0.322 e. The van der Waals surface area contributed by atoms with Crippen LogP contribution < -0.4 is 15.8 Å². The van der Waals surface area contributed by atoms with Gasteiger partial charge in [0.15, 0.2) is 0 Å². The SMILES string of the molecule is C#CCN(Cc1cc2c(=O)[nH]c(C)nc2cc1C)c1ccc(C(=O)NCC(=O)O)cc1. The third-order valence-corrected chi connectivity index (χ3v) is 4.82. The van der Waals surface area contributed by atoms with Crippen LogP contribution >= 0.6 is 0 Å². The maximum absolute atomic E-state index is 12.3. The molecule has 3 rings (SSSR count). The molecule has 0 aliphatic carbocycles. The van der Waals surface area contributed by atoms with Crippen molar-refractivity contribution < 1.29 is 14.7 Å². The number of carbonyl (C=O) groups excluding carboxylic acids is 1. The Morgan fingerprint density at radius 2 is 1.94 bits per heavy atom. The first-order chi connectivity index (χ1) is 14.8. The number of hydrogen-bond acceptors (Lipinski definition) is 5. The maximum atomic E-state index is 12.3. The van der Waals surface area contributed by atoms with E-state index in [-0.39, 0.29) is 5.56 Å². The number of carbonyl (C=O) groups is 2. The predicted molar refractivity (Wildman–Crippen MR) is 118 cm³/mol. The molecule has 0 spiro atoms. The first kappa shape index (κ1) is 21.6. The highest BCUT2D eigenvalue weighted by Crippen LogP contribution is 2.22. The number of aromatic amines is 1. The van der Waals surface area contributed by atoms with Gasteiger partial charge < -0.3 is 20.3 Å². The van der Waals surface area contributed by atoms with Crippen molar-refractivity contribution in [2.75, 3.05) is 18.0 Å². The van der Waals surface area contributed by atoms with Crippen LogP contribution in [0.25, 0.3) is 10.9 Å². The molecule has 1 amide bonds. The van der Waals surface area contributed by atoms with Crippen molar-refractivity contribution in [3.05, 3.63) is 69.3 Å². The summed E-state index contributed by atoms with van der Waals surface area (Å²) in [5, 5.41) is 11.5. The van der Waals surface area contributed by atoms with E-state index in [2.05, 4.69) is 21.2 Å². The average Bonchev–Trinajstić information content (AvgIpc) is 2.72. The Morgan fingerprint density at radius 3 is 2.58 bits per heavy atom. The highest BCUT2D eigenvalue weighted by Gasteiger charge is 2.13. The molecule has 3 N–H and O–H groups in total. The molecule has 0 fully saturated rings. The molecule has 0 saturated carbocycles. The van der Waals surface area contributed by atoms with Crippen molar-refractivity contribution >= 4 is 28.5 Å². The Kier molecular flexibility index (Phi) is 6.36. The molecule has 31 heavy (non-hydrogen) atoms. The number of aliphatic carboxylic acids is 1. The van der Waals surface area contributed by atoms with E-state index in [4.69, 9.17) is 11.5 Å². The molecular formula is C23H22N4O4. The van der Waals surface area contributed by atoms with Crippen LogP contribution in [0.3, 0.4) is 0 Å². The number of H-pyrrole nitrogens is 1. The second kappa shape index (κ2) is 9.13. The zero-order valence-corrected chi connectivity index (χ0v) is 17.2. The van der Waals surface area contributed by atoms with Crippen molar-refractivity contribution in [2.24, 2.45) is 0 Å². The fraction of sp³-hybridized carbons (Fsp3) is 0.217. The van der Waals surface area contributed by atoms with Gasteiger partial charge in [0.1, 0.15) is 12.4 Å². The second-order valence-electron chi connectivity index (χ2n) is 7.13. The van der Waals surface area contributed by atoms with Crippen molar-refractivity contribution in [3.8, 4) is 12.3 Å². The van der Waals surface area contributed by atoms with Gasteiger partial charge in [-0.15, -0.1) is 6.42 Å². The number of anilines is 1. The van der Waals surface area contributed by atoms with Crippen LogP contribution in [0, 0.1) is 26.2 Å². The van der Waals surface area contributed by atoms with Crippen LogP contribution in [0.5, 0.6) is 0 Å². The highest BCUT2D eigenvalue weighted by atomic mass is 16.4. The van der Waals surface area contributed by atoms with Crippen molar-refractivity contribution in [1.82, 2.24) is 15.3 Å². The summed E-state index contributed by atoms with van der Waals surface area (Å²) in [4.78, 5) is 44.0. The minimum Gasteiger partial charge on any atom is -0.480 e. The van der Waals surface area contributed by atoms with Crippen molar-refractivity contribution in [3.63, 3.8) is 0 Å². The van der Waals surface area contributed by atoms with E-state index in [0.717, 1.165) is 16.8 Å². The van der Waals surface area contributed by atoms with Crippen LogP contribution in [0.1, 0.15) is 27.3 Å². The number of terminal acetylenes is 1. The predicted octanol–water partition coefficient (Wildman–Crippen LogP) is 1.99. The van der Waals surface area contributed by atoms with Gasteiger partial charge in [0.25, 0.3) is 11.5 Å². The Hall–Kier alpha value is -4.12. The zero-order chi connectivity index (χ0) is 22.5. The average molecular weight is 418 g/mol. The quantitative estimate of drug-likeness (QED) is 0.506. The summed E-state index contributed by atoms with van der Waals surface area (Å²) in [6.07, 6.45) is 5.56. The van der Waals surface area contributed by atoms with Gasteiger partial charge >= 0.3 is 5.97 Å². The molecule has 0 saturated heterocycles. The number of fused-ring (bicyclic) bond motifs is 1. The molecule has 0 unspecified atom stereocenters. The van der Waals surface area contributed by atoms with Gasteiger partial charge in [-0.05, 0) is 61.4 Å².